The van der Waals surface area contributed by atoms with E-state index in [0.717, 1.165) is 4.90 Å². The average Bonchev–Trinajstić information content (AvgIpc) is 3.02. The number of carbonyl (C=O) groups is 3. The van der Waals surface area contributed by atoms with Crippen LogP contribution in [0.25, 0.3) is 22.3 Å². The van der Waals surface area contributed by atoms with Gasteiger partial charge in [0, 0.05) is 62.1 Å². The number of aliphatic hydroxyl groups excluding tert-OH is 1. The first-order valence-electron chi connectivity index (χ1n) is 14.3. The fourth-order valence-electron chi connectivity index (χ4n) is 5.54. The van der Waals surface area contributed by atoms with Crippen LogP contribution >= 0.6 is 23.2 Å². The number of carbonyl (C=O) groups excluding carboxylic acids is 3. The molecular weight excluding hydrogens is 626 g/mol. The van der Waals surface area contributed by atoms with Crippen molar-refractivity contribution in [2.45, 2.75) is 25.1 Å². The molecule has 13 heteroatoms. The van der Waals surface area contributed by atoms with Crippen LogP contribution in [-0.4, -0.2) is 85.9 Å². The Balaban J connectivity index is 1.41. The van der Waals surface area contributed by atoms with Crippen molar-refractivity contribution in [3.63, 3.8) is 0 Å². The van der Waals surface area contributed by atoms with Gasteiger partial charge in [0.25, 0.3) is 0 Å². The lowest BCUT2D eigenvalue weighted by Crippen LogP contribution is -2.56. The second kappa shape index (κ2) is 13.7. The van der Waals surface area contributed by atoms with Gasteiger partial charge in [0.15, 0.2) is 0 Å². The van der Waals surface area contributed by atoms with Crippen molar-refractivity contribution in [1.82, 2.24) is 15.1 Å². The zero-order valence-corrected chi connectivity index (χ0v) is 26.4. The lowest BCUT2D eigenvalue weighted by Gasteiger charge is -2.33. The number of hydrogen-bond acceptors (Lipinski definition) is 7. The van der Waals surface area contributed by atoms with Crippen LogP contribution < -0.4 is 15.4 Å². The van der Waals surface area contributed by atoms with E-state index >= 15 is 4.39 Å². The van der Waals surface area contributed by atoms with Crippen LogP contribution in [-0.2, 0) is 20.9 Å². The van der Waals surface area contributed by atoms with Crippen LogP contribution in [0, 0.1) is 11.7 Å². The predicted octanol–water partition coefficient (Wildman–Crippen LogP) is 4.79. The summed E-state index contributed by atoms with van der Waals surface area (Å²) in [6, 6.07) is 12.6. The number of nitrogens with one attached hydrogen (secondary N) is 2. The summed E-state index contributed by atoms with van der Waals surface area (Å²) >= 11 is 13.7. The minimum atomic E-state index is -1.10. The molecule has 2 aliphatic heterocycles. The molecular formula is C32H33Cl2FN4O6. The predicted molar refractivity (Wildman–Crippen MR) is 169 cm³/mol. The molecule has 2 heterocycles. The fraction of sp³-hybridized carbons (Fsp3) is 0.344. The monoisotopic (exact) mass is 658 g/mol. The Labute approximate surface area is 270 Å². The Morgan fingerprint density at radius 2 is 1.78 bits per heavy atom. The molecule has 2 saturated heterocycles. The standard InChI is InChI=1S/C32H33Cl2FN4O6/c1-38-15-22(31(42)39(2)32(38)43)30(41)37-25-9-5-8-20(29(25)34)19-7-4-6-18(28(19)33)17-12-23(35)21(27(13-17)44-3)14-36-24-10-11-45-16-26(24)40/h4-9,12-13,22,24,26,36,40H,10-11,14-16H2,1-3H3,(H,37,41)/t22?,24-,26-/m1/s1. The molecule has 0 radical (unpaired) electrons. The first-order valence-corrected chi connectivity index (χ1v) is 15.0. The van der Waals surface area contributed by atoms with Gasteiger partial charge in [-0.3, -0.25) is 14.5 Å². The normalized spacial score (nSPS) is 20.4. The molecule has 0 aliphatic carbocycles. The van der Waals surface area contributed by atoms with Gasteiger partial charge in [0.1, 0.15) is 17.5 Å². The first kappa shape index (κ1) is 32.6. The second-order valence-electron chi connectivity index (χ2n) is 11.0. The molecule has 0 aromatic heterocycles. The number of amides is 4. The molecule has 5 rings (SSSR count). The largest absolute Gasteiger partial charge is 0.496 e. The summed E-state index contributed by atoms with van der Waals surface area (Å²) in [4.78, 5) is 40.0. The molecule has 1 unspecified atom stereocenters. The zero-order chi connectivity index (χ0) is 32.4. The Bertz CT molecular complexity index is 1640. The molecule has 45 heavy (non-hydrogen) atoms. The number of methoxy groups -OCH3 is 1. The van der Waals surface area contributed by atoms with E-state index in [1.165, 1.54) is 32.2 Å². The molecule has 0 saturated carbocycles. The summed E-state index contributed by atoms with van der Waals surface area (Å²) < 4.78 is 26.3. The van der Waals surface area contributed by atoms with E-state index in [2.05, 4.69) is 10.6 Å². The van der Waals surface area contributed by atoms with Crippen LogP contribution in [0.3, 0.4) is 0 Å². The van der Waals surface area contributed by atoms with E-state index in [1.54, 1.807) is 42.5 Å². The third kappa shape index (κ3) is 6.63. The lowest BCUT2D eigenvalue weighted by molar-refractivity contribution is -0.140. The number of ether oxygens (including phenoxy) is 2. The van der Waals surface area contributed by atoms with Crippen molar-refractivity contribution < 1.29 is 33.4 Å². The molecule has 3 N–H and O–H groups in total. The third-order valence-electron chi connectivity index (χ3n) is 8.11. The second-order valence-corrected chi connectivity index (χ2v) is 11.7. The molecule has 0 bridgehead atoms. The van der Waals surface area contributed by atoms with E-state index in [1.807, 2.05) is 0 Å². The Hall–Kier alpha value is -3.74. The van der Waals surface area contributed by atoms with E-state index in [-0.39, 0.29) is 36.4 Å². The minimum Gasteiger partial charge on any atom is -0.496 e. The SMILES string of the molecule is COc1cc(-c2cccc(-c3cccc(NC(=O)C4CN(C)C(=O)N(C)C4=O)c3Cl)c2Cl)cc(F)c1CN[C@@H]1CCOC[C@H]1O. The third-order valence-corrected chi connectivity index (χ3v) is 8.93. The Morgan fingerprint density at radius 3 is 2.49 bits per heavy atom. The van der Waals surface area contributed by atoms with Crippen LogP contribution in [0.15, 0.2) is 48.5 Å². The van der Waals surface area contributed by atoms with Gasteiger partial charge in [-0.15, -0.1) is 0 Å². The molecule has 2 fully saturated rings. The van der Waals surface area contributed by atoms with Crippen molar-refractivity contribution in [2.75, 3.05) is 46.3 Å². The van der Waals surface area contributed by atoms with Crippen LogP contribution in [0.2, 0.25) is 10.0 Å². The summed E-state index contributed by atoms with van der Waals surface area (Å²) in [7, 11) is 4.30. The van der Waals surface area contributed by atoms with E-state index in [0.29, 0.717) is 51.6 Å². The maximum absolute atomic E-state index is 15.5. The number of imide groups is 1. The van der Waals surface area contributed by atoms with E-state index < -0.39 is 35.7 Å². The Kier molecular flexibility index (Phi) is 9.95. The number of nitrogens with zero attached hydrogens (tertiary/aromatic N) is 2. The topological polar surface area (TPSA) is 120 Å². The smallest absolute Gasteiger partial charge is 0.326 e. The number of benzene rings is 3. The summed E-state index contributed by atoms with van der Waals surface area (Å²) in [6.07, 6.45) is -0.0796. The van der Waals surface area contributed by atoms with Crippen molar-refractivity contribution in [2.24, 2.45) is 5.92 Å². The maximum atomic E-state index is 15.5. The quantitative estimate of drug-likeness (QED) is 0.298. The van der Waals surface area contributed by atoms with Crippen molar-refractivity contribution in [1.29, 1.82) is 0 Å². The molecule has 3 atom stereocenters. The van der Waals surface area contributed by atoms with Gasteiger partial charge >= 0.3 is 6.03 Å². The first-order chi connectivity index (χ1) is 21.5. The van der Waals surface area contributed by atoms with Gasteiger partial charge in [0.2, 0.25) is 11.8 Å². The van der Waals surface area contributed by atoms with Crippen LogP contribution in [0.4, 0.5) is 14.9 Å². The summed E-state index contributed by atoms with van der Waals surface area (Å²) in [6.45, 7) is 0.820. The highest BCUT2D eigenvalue weighted by Crippen LogP contribution is 2.42. The summed E-state index contributed by atoms with van der Waals surface area (Å²) in [5.41, 5.74) is 2.62. The number of hydrogen-bond donors (Lipinski definition) is 3. The lowest BCUT2D eigenvalue weighted by atomic mass is 9.96. The highest BCUT2D eigenvalue weighted by atomic mass is 35.5. The van der Waals surface area contributed by atoms with E-state index in [9.17, 15) is 19.5 Å². The maximum Gasteiger partial charge on any atom is 0.326 e. The molecule has 3 aromatic rings. The highest BCUT2D eigenvalue weighted by Gasteiger charge is 2.39. The van der Waals surface area contributed by atoms with Crippen LogP contribution in [0.1, 0.15) is 12.0 Å². The van der Waals surface area contributed by atoms with E-state index in [4.69, 9.17) is 32.7 Å². The van der Waals surface area contributed by atoms with Gasteiger partial charge in [-0.05, 0) is 30.2 Å². The molecule has 0 spiro atoms. The van der Waals surface area contributed by atoms with Crippen LogP contribution in [0.5, 0.6) is 5.75 Å². The van der Waals surface area contributed by atoms with Gasteiger partial charge in [-0.25, -0.2) is 9.18 Å². The minimum absolute atomic E-state index is 0.0641. The number of halogens is 3. The molecule has 4 amide bonds. The van der Waals surface area contributed by atoms with Gasteiger partial charge in [-0.1, -0.05) is 53.5 Å². The summed E-state index contributed by atoms with van der Waals surface area (Å²) in [5.74, 6) is -2.50. The van der Waals surface area contributed by atoms with Crippen molar-refractivity contribution in [3.05, 3.63) is 70.0 Å². The molecule has 10 nitrogen and oxygen atoms in total. The molecule has 238 valence electrons. The van der Waals surface area contributed by atoms with Gasteiger partial charge in [-0.2, -0.15) is 0 Å². The fourth-order valence-corrected chi connectivity index (χ4v) is 6.16. The molecule has 3 aromatic carbocycles. The Morgan fingerprint density at radius 1 is 1.09 bits per heavy atom. The number of anilines is 1. The van der Waals surface area contributed by atoms with Crippen molar-refractivity contribution in [3.8, 4) is 28.0 Å². The van der Waals surface area contributed by atoms with Crippen molar-refractivity contribution >= 4 is 46.7 Å². The number of rotatable bonds is 8. The zero-order valence-electron chi connectivity index (χ0n) is 24.9. The molecule has 2 aliphatic rings. The summed E-state index contributed by atoms with van der Waals surface area (Å²) in [5, 5.41) is 16.6. The number of urea groups is 1. The van der Waals surface area contributed by atoms with Gasteiger partial charge < -0.3 is 30.1 Å². The number of aliphatic hydroxyl groups is 1. The highest BCUT2D eigenvalue weighted by molar-refractivity contribution is 6.39. The van der Waals surface area contributed by atoms with Gasteiger partial charge in [0.05, 0.1) is 35.6 Å². The average molecular weight is 660 g/mol.